The predicted octanol–water partition coefficient (Wildman–Crippen LogP) is 3.01. The van der Waals surface area contributed by atoms with E-state index in [2.05, 4.69) is 4.98 Å². The van der Waals surface area contributed by atoms with Crippen molar-refractivity contribution in [1.82, 2.24) is 4.98 Å². The molecule has 0 radical (unpaired) electrons. The number of aromatic nitrogens is 1. The molecule has 0 saturated heterocycles. The van der Waals surface area contributed by atoms with Crippen LogP contribution in [0, 0.1) is 0 Å². The Bertz CT molecular complexity index is 828. The van der Waals surface area contributed by atoms with Crippen LogP contribution < -0.4 is 10.5 Å². The summed E-state index contributed by atoms with van der Waals surface area (Å²) in [6.07, 6.45) is 0. The van der Waals surface area contributed by atoms with Gasteiger partial charge in [0.25, 0.3) is 5.91 Å². The fourth-order valence-electron chi connectivity index (χ4n) is 2.39. The van der Waals surface area contributed by atoms with Crippen molar-refractivity contribution in [2.24, 2.45) is 5.73 Å². The average Bonchev–Trinajstić information content (AvgIpc) is 2.54. The lowest BCUT2D eigenvalue weighted by molar-refractivity contribution is 0.0995. The van der Waals surface area contributed by atoms with Gasteiger partial charge in [-0.25, -0.2) is 4.98 Å². The van der Waals surface area contributed by atoms with Gasteiger partial charge in [0.2, 0.25) is 0 Å². The van der Waals surface area contributed by atoms with Crippen LogP contribution in [0.15, 0.2) is 54.6 Å². The maximum absolute atomic E-state index is 11.3. The minimum Gasteiger partial charge on any atom is -0.496 e. The number of fused-ring (bicyclic) bond motifs is 1. The second-order valence-electron chi connectivity index (χ2n) is 4.63. The molecule has 1 heterocycles. The third-order valence-electron chi connectivity index (χ3n) is 3.38. The molecule has 104 valence electrons. The lowest BCUT2D eigenvalue weighted by Gasteiger charge is -2.10. The molecule has 2 aromatic carbocycles. The second kappa shape index (κ2) is 5.25. The molecule has 0 aliphatic carbocycles. The molecule has 1 aromatic heterocycles. The number of pyridine rings is 1. The summed E-state index contributed by atoms with van der Waals surface area (Å²) in [7, 11) is 1.65. The van der Waals surface area contributed by atoms with Crippen molar-refractivity contribution in [3.8, 4) is 17.0 Å². The first kappa shape index (κ1) is 13.1. The fourth-order valence-corrected chi connectivity index (χ4v) is 2.39. The highest BCUT2D eigenvalue weighted by molar-refractivity contribution is 6.00. The van der Waals surface area contributed by atoms with Gasteiger partial charge in [-0.2, -0.15) is 0 Å². The molecule has 0 unspecified atom stereocenters. The van der Waals surface area contributed by atoms with Crippen LogP contribution in [0.5, 0.6) is 5.75 Å². The molecular formula is C17H14N2O2. The molecule has 3 rings (SSSR count). The van der Waals surface area contributed by atoms with Crippen LogP contribution in [0.1, 0.15) is 10.5 Å². The zero-order valence-electron chi connectivity index (χ0n) is 11.5. The minimum atomic E-state index is -0.533. The zero-order valence-corrected chi connectivity index (χ0v) is 11.5. The second-order valence-corrected chi connectivity index (χ2v) is 4.63. The molecule has 0 aliphatic heterocycles. The van der Waals surface area contributed by atoms with Crippen molar-refractivity contribution in [3.05, 3.63) is 60.3 Å². The summed E-state index contributed by atoms with van der Waals surface area (Å²) in [5.74, 6) is 0.273. The Labute approximate surface area is 122 Å². The first-order valence-corrected chi connectivity index (χ1v) is 6.53. The van der Waals surface area contributed by atoms with E-state index in [9.17, 15) is 4.79 Å². The maximum atomic E-state index is 11.3. The topological polar surface area (TPSA) is 65.2 Å². The molecule has 0 saturated carbocycles. The molecule has 3 aromatic rings. The highest BCUT2D eigenvalue weighted by Gasteiger charge is 2.10. The number of ether oxygens (including phenoxy) is 1. The number of carbonyl (C=O) groups is 1. The standard InChI is InChI=1S/C17H14N2O2/c1-21-16-10-9-12(11-5-2-3-6-13(11)16)14-7-4-8-15(19-14)17(18)20/h2-10H,1H3,(H2,18,20). The summed E-state index contributed by atoms with van der Waals surface area (Å²) in [5.41, 5.74) is 7.21. The Morgan fingerprint density at radius 1 is 1.00 bits per heavy atom. The highest BCUT2D eigenvalue weighted by Crippen LogP contribution is 2.33. The van der Waals surface area contributed by atoms with Crippen molar-refractivity contribution < 1.29 is 9.53 Å². The summed E-state index contributed by atoms with van der Waals surface area (Å²) in [6.45, 7) is 0. The van der Waals surface area contributed by atoms with Crippen LogP contribution in [0.25, 0.3) is 22.0 Å². The third kappa shape index (κ3) is 2.31. The minimum absolute atomic E-state index is 0.257. The monoisotopic (exact) mass is 278 g/mol. The van der Waals surface area contributed by atoms with E-state index in [0.29, 0.717) is 5.69 Å². The van der Waals surface area contributed by atoms with Crippen molar-refractivity contribution in [2.75, 3.05) is 7.11 Å². The van der Waals surface area contributed by atoms with Crippen molar-refractivity contribution in [2.45, 2.75) is 0 Å². The van der Waals surface area contributed by atoms with Crippen LogP contribution >= 0.6 is 0 Å². The first-order valence-electron chi connectivity index (χ1n) is 6.53. The smallest absolute Gasteiger partial charge is 0.267 e. The van der Waals surface area contributed by atoms with Gasteiger partial charge in [-0.1, -0.05) is 30.3 Å². The Balaban J connectivity index is 2.26. The molecule has 0 fully saturated rings. The molecule has 21 heavy (non-hydrogen) atoms. The van der Waals surface area contributed by atoms with Gasteiger partial charge in [0.15, 0.2) is 0 Å². The number of hydrogen-bond acceptors (Lipinski definition) is 3. The molecule has 4 nitrogen and oxygen atoms in total. The fraction of sp³-hybridized carbons (Fsp3) is 0.0588. The Morgan fingerprint density at radius 3 is 2.48 bits per heavy atom. The predicted molar refractivity (Wildman–Crippen MR) is 82.2 cm³/mol. The van der Waals surface area contributed by atoms with Crippen LogP contribution in [-0.2, 0) is 0 Å². The molecule has 0 spiro atoms. The molecule has 2 N–H and O–H groups in total. The summed E-state index contributed by atoms with van der Waals surface area (Å²) < 4.78 is 5.39. The number of nitrogens with zero attached hydrogens (tertiary/aromatic N) is 1. The van der Waals surface area contributed by atoms with Gasteiger partial charge in [0.1, 0.15) is 11.4 Å². The molecular weight excluding hydrogens is 264 g/mol. The van der Waals surface area contributed by atoms with Crippen LogP contribution in [0.3, 0.4) is 0 Å². The van der Waals surface area contributed by atoms with Crippen LogP contribution in [0.2, 0.25) is 0 Å². The molecule has 1 amide bonds. The van der Waals surface area contributed by atoms with E-state index >= 15 is 0 Å². The number of amides is 1. The van der Waals surface area contributed by atoms with Gasteiger partial charge >= 0.3 is 0 Å². The van der Waals surface area contributed by atoms with Crippen molar-refractivity contribution >= 4 is 16.7 Å². The quantitative estimate of drug-likeness (QED) is 0.801. The van der Waals surface area contributed by atoms with Crippen LogP contribution in [-0.4, -0.2) is 18.0 Å². The number of rotatable bonds is 3. The molecule has 0 atom stereocenters. The molecule has 0 aliphatic rings. The third-order valence-corrected chi connectivity index (χ3v) is 3.38. The van der Waals surface area contributed by atoms with Crippen molar-refractivity contribution in [1.29, 1.82) is 0 Å². The molecule has 0 bridgehead atoms. The largest absolute Gasteiger partial charge is 0.496 e. The maximum Gasteiger partial charge on any atom is 0.267 e. The van der Waals surface area contributed by atoms with E-state index in [0.717, 1.165) is 22.1 Å². The van der Waals surface area contributed by atoms with E-state index in [1.165, 1.54) is 0 Å². The first-order chi connectivity index (χ1) is 10.2. The number of carbonyl (C=O) groups excluding carboxylic acids is 1. The lowest BCUT2D eigenvalue weighted by atomic mass is 10.0. The Morgan fingerprint density at radius 2 is 1.76 bits per heavy atom. The summed E-state index contributed by atoms with van der Waals surface area (Å²) in [5, 5.41) is 2.02. The summed E-state index contributed by atoms with van der Waals surface area (Å²) in [6, 6.07) is 17.0. The van der Waals surface area contributed by atoms with E-state index in [1.54, 1.807) is 19.2 Å². The number of primary amides is 1. The van der Waals surface area contributed by atoms with Crippen LogP contribution in [0.4, 0.5) is 0 Å². The summed E-state index contributed by atoms with van der Waals surface area (Å²) in [4.78, 5) is 15.6. The Kier molecular flexibility index (Phi) is 3.28. The number of hydrogen-bond donors (Lipinski definition) is 1. The average molecular weight is 278 g/mol. The SMILES string of the molecule is COc1ccc(-c2cccc(C(N)=O)n2)c2ccccc12. The van der Waals surface area contributed by atoms with E-state index in [4.69, 9.17) is 10.5 Å². The summed E-state index contributed by atoms with van der Waals surface area (Å²) >= 11 is 0. The number of nitrogens with two attached hydrogens (primary N) is 1. The molecule has 4 heteroatoms. The lowest BCUT2D eigenvalue weighted by Crippen LogP contribution is -2.13. The number of benzene rings is 2. The van der Waals surface area contributed by atoms with Gasteiger partial charge in [0.05, 0.1) is 12.8 Å². The Hall–Kier alpha value is -2.88. The van der Waals surface area contributed by atoms with Gasteiger partial charge in [-0.3, -0.25) is 4.79 Å². The van der Waals surface area contributed by atoms with Crippen molar-refractivity contribution in [3.63, 3.8) is 0 Å². The highest BCUT2D eigenvalue weighted by atomic mass is 16.5. The number of methoxy groups -OCH3 is 1. The van der Waals surface area contributed by atoms with E-state index in [1.807, 2.05) is 42.5 Å². The van der Waals surface area contributed by atoms with Gasteiger partial charge < -0.3 is 10.5 Å². The normalized spacial score (nSPS) is 10.5. The van der Waals surface area contributed by atoms with Gasteiger partial charge in [0, 0.05) is 10.9 Å². The van der Waals surface area contributed by atoms with Gasteiger partial charge in [-0.05, 0) is 29.7 Å². The van der Waals surface area contributed by atoms with E-state index < -0.39 is 5.91 Å². The zero-order chi connectivity index (χ0) is 14.8. The van der Waals surface area contributed by atoms with E-state index in [-0.39, 0.29) is 5.69 Å². The van der Waals surface area contributed by atoms with Gasteiger partial charge in [-0.15, -0.1) is 0 Å².